The summed E-state index contributed by atoms with van der Waals surface area (Å²) >= 11 is 1.35. The Hall–Kier alpha value is -4.82. The molecular weight excluding hydrogens is 558 g/mol. The fourth-order valence-electron chi connectivity index (χ4n) is 3.95. The van der Waals surface area contributed by atoms with E-state index in [4.69, 9.17) is 4.74 Å². The van der Waals surface area contributed by atoms with Gasteiger partial charge < -0.3 is 20.7 Å². The maximum Gasteiger partial charge on any atom is 0.272 e. The maximum atomic E-state index is 13.4. The van der Waals surface area contributed by atoms with Crippen LogP contribution in [0.4, 0.5) is 11.4 Å². The van der Waals surface area contributed by atoms with E-state index < -0.39 is 5.91 Å². The van der Waals surface area contributed by atoms with Gasteiger partial charge in [0.1, 0.15) is 11.4 Å². The quantitative estimate of drug-likeness (QED) is 0.0858. The van der Waals surface area contributed by atoms with Crippen molar-refractivity contribution in [1.29, 1.82) is 0 Å². The van der Waals surface area contributed by atoms with Gasteiger partial charge in [0, 0.05) is 21.8 Å². The van der Waals surface area contributed by atoms with E-state index in [0.717, 1.165) is 34.6 Å². The molecule has 0 aliphatic rings. The number of hydrogen-bond acceptors (Lipinski definition) is 5. The zero-order chi connectivity index (χ0) is 30.4. The molecule has 4 aromatic rings. The molecule has 4 aromatic carbocycles. The largest absolute Gasteiger partial charge is 0.494 e. The third kappa shape index (κ3) is 10.2. The number of benzene rings is 4. The number of amides is 3. The molecule has 0 aromatic heterocycles. The van der Waals surface area contributed by atoms with Crippen LogP contribution in [0.2, 0.25) is 0 Å². The molecule has 0 bridgehead atoms. The van der Waals surface area contributed by atoms with Gasteiger partial charge in [-0.2, -0.15) is 0 Å². The lowest BCUT2D eigenvalue weighted by Gasteiger charge is -2.12. The molecule has 0 spiro atoms. The Bertz CT molecular complexity index is 1550. The van der Waals surface area contributed by atoms with Crippen LogP contribution in [0.1, 0.15) is 41.3 Å². The second kappa shape index (κ2) is 16.0. The number of rotatable bonds is 13. The summed E-state index contributed by atoms with van der Waals surface area (Å²) in [5.41, 5.74) is 3.65. The van der Waals surface area contributed by atoms with Crippen LogP contribution in [0.25, 0.3) is 6.08 Å². The van der Waals surface area contributed by atoms with Crippen LogP contribution >= 0.6 is 11.8 Å². The number of carbonyl (C=O) groups is 3. The van der Waals surface area contributed by atoms with Crippen LogP contribution in [-0.2, 0) is 9.59 Å². The third-order valence-electron chi connectivity index (χ3n) is 6.28. The van der Waals surface area contributed by atoms with Gasteiger partial charge in [-0.25, -0.2) is 0 Å². The molecule has 43 heavy (non-hydrogen) atoms. The number of unbranched alkanes of at least 4 members (excludes halogenated alkanes) is 1. The average molecular weight is 594 g/mol. The first-order valence-electron chi connectivity index (χ1n) is 14.1. The lowest BCUT2D eigenvalue weighted by Crippen LogP contribution is -2.30. The number of nitrogens with one attached hydrogen (secondary N) is 3. The van der Waals surface area contributed by atoms with Crippen LogP contribution in [0.5, 0.6) is 5.75 Å². The van der Waals surface area contributed by atoms with Gasteiger partial charge in [0.2, 0.25) is 5.91 Å². The molecule has 220 valence electrons. The number of aryl methyl sites for hydroxylation is 1. The van der Waals surface area contributed by atoms with E-state index >= 15 is 0 Å². The van der Waals surface area contributed by atoms with E-state index in [1.807, 2.05) is 67.6 Å². The number of hydrogen-bond donors (Lipinski definition) is 3. The van der Waals surface area contributed by atoms with Crippen LogP contribution in [0.3, 0.4) is 0 Å². The molecule has 0 heterocycles. The lowest BCUT2D eigenvalue weighted by atomic mass is 10.1. The molecule has 3 amide bonds. The summed E-state index contributed by atoms with van der Waals surface area (Å²) in [7, 11) is 0. The molecule has 0 fully saturated rings. The highest BCUT2D eigenvalue weighted by Crippen LogP contribution is 2.23. The first-order chi connectivity index (χ1) is 20.9. The van der Waals surface area contributed by atoms with E-state index in [-0.39, 0.29) is 23.3 Å². The molecular formula is C35H35N3O4S. The predicted molar refractivity (Wildman–Crippen MR) is 174 cm³/mol. The van der Waals surface area contributed by atoms with E-state index in [1.165, 1.54) is 11.8 Å². The molecule has 0 saturated heterocycles. The van der Waals surface area contributed by atoms with Gasteiger partial charge in [-0.3, -0.25) is 14.4 Å². The normalized spacial score (nSPS) is 11.0. The SMILES string of the molecule is CCCCOc1ccc(NC(=O)CSc2cccc(NC(=O)/C(=C/c3ccc(C)cc3)NC(=O)c3ccccc3)c2)cc1. The fourth-order valence-corrected chi connectivity index (χ4v) is 4.70. The molecule has 0 unspecified atom stereocenters. The van der Waals surface area contributed by atoms with Crippen LogP contribution in [0.15, 0.2) is 114 Å². The molecule has 8 heteroatoms. The second-order valence-corrected chi connectivity index (χ2v) is 10.9. The van der Waals surface area contributed by atoms with Crippen molar-refractivity contribution in [2.45, 2.75) is 31.6 Å². The van der Waals surface area contributed by atoms with E-state index in [1.54, 1.807) is 48.5 Å². The Labute approximate surface area is 256 Å². The van der Waals surface area contributed by atoms with Crippen molar-refractivity contribution in [3.05, 3.63) is 126 Å². The summed E-state index contributed by atoms with van der Waals surface area (Å²) in [5, 5.41) is 8.52. The lowest BCUT2D eigenvalue weighted by molar-refractivity contribution is -0.114. The number of thioether (sulfide) groups is 1. The third-order valence-corrected chi connectivity index (χ3v) is 7.28. The molecule has 4 rings (SSSR count). The van der Waals surface area contributed by atoms with Crippen molar-refractivity contribution in [2.75, 3.05) is 23.0 Å². The minimum absolute atomic E-state index is 0.108. The van der Waals surface area contributed by atoms with Crippen LogP contribution < -0.4 is 20.7 Å². The summed E-state index contributed by atoms with van der Waals surface area (Å²) in [5.74, 6) is -0.0325. The van der Waals surface area contributed by atoms with E-state index in [2.05, 4.69) is 22.9 Å². The Balaban J connectivity index is 1.37. The highest BCUT2D eigenvalue weighted by atomic mass is 32.2. The predicted octanol–water partition coefficient (Wildman–Crippen LogP) is 7.31. The Morgan fingerprint density at radius 1 is 0.814 bits per heavy atom. The smallest absolute Gasteiger partial charge is 0.272 e. The Morgan fingerprint density at radius 3 is 2.28 bits per heavy atom. The number of ether oxygens (including phenoxy) is 1. The fraction of sp³-hybridized carbons (Fsp3) is 0.171. The van der Waals surface area contributed by atoms with Crippen molar-refractivity contribution >= 4 is 46.9 Å². The van der Waals surface area contributed by atoms with Gasteiger partial charge in [0.05, 0.1) is 12.4 Å². The van der Waals surface area contributed by atoms with Crippen molar-refractivity contribution in [2.24, 2.45) is 0 Å². The Kier molecular flexibility index (Phi) is 11.6. The van der Waals surface area contributed by atoms with Gasteiger partial charge in [0.25, 0.3) is 11.8 Å². The van der Waals surface area contributed by atoms with Crippen LogP contribution in [-0.4, -0.2) is 30.1 Å². The van der Waals surface area contributed by atoms with Crippen molar-refractivity contribution in [3.63, 3.8) is 0 Å². The summed E-state index contributed by atoms with van der Waals surface area (Å²) in [4.78, 5) is 39.6. The van der Waals surface area contributed by atoms with Crippen molar-refractivity contribution < 1.29 is 19.1 Å². The van der Waals surface area contributed by atoms with Gasteiger partial charge in [-0.15, -0.1) is 11.8 Å². The van der Waals surface area contributed by atoms with Crippen molar-refractivity contribution in [3.8, 4) is 5.75 Å². The topological polar surface area (TPSA) is 96.5 Å². The molecule has 0 aliphatic heterocycles. The summed E-state index contributed by atoms with van der Waals surface area (Å²) in [6, 6.07) is 30.9. The molecule has 0 aliphatic carbocycles. The zero-order valence-corrected chi connectivity index (χ0v) is 25.1. The number of anilines is 2. The van der Waals surface area contributed by atoms with Crippen molar-refractivity contribution in [1.82, 2.24) is 5.32 Å². The van der Waals surface area contributed by atoms with Gasteiger partial charge >= 0.3 is 0 Å². The Morgan fingerprint density at radius 2 is 1.56 bits per heavy atom. The van der Waals surface area contributed by atoms with Gasteiger partial charge in [-0.1, -0.05) is 67.4 Å². The molecule has 0 radical (unpaired) electrons. The number of carbonyl (C=O) groups excluding carboxylic acids is 3. The molecule has 0 atom stereocenters. The zero-order valence-electron chi connectivity index (χ0n) is 24.3. The summed E-state index contributed by atoms with van der Waals surface area (Å²) in [6.45, 7) is 4.77. The minimum atomic E-state index is -0.466. The highest BCUT2D eigenvalue weighted by Gasteiger charge is 2.15. The summed E-state index contributed by atoms with van der Waals surface area (Å²) < 4.78 is 5.67. The molecule has 0 saturated carbocycles. The first-order valence-corrected chi connectivity index (χ1v) is 15.1. The monoisotopic (exact) mass is 593 g/mol. The van der Waals surface area contributed by atoms with E-state index in [0.29, 0.717) is 23.5 Å². The van der Waals surface area contributed by atoms with Crippen LogP contribution in [0, 0.1) is 6.92 Å². The highest BCUT2D eigenvalue weighted by molar-refractivity contribution is 8.00. The van der Waals surface area contributed by atoms with Gasteiger partial charge in [-0.05, 0) is 79.6 Å². The molecule has 3 N–H and O–H groups in total. The maximum absolute atomic E-state index is 13.4. The minimum Gasteiger partial charge on any atom is -0.494 e. The second-order valence-electron chi connectivity index (χ2n) is 9.83. The summed E-state index contributed by atoms with van der Waals surface area (Å²) in [6.07, 6.45) is 3.71. The standard InChI is InChI=1S/C35H35N3O4S/c1-3-4-21-42-30-19-17-28(18-20-30)36-33(39)24-43-31-12-8-11-29(23-31)37-35(41)32(22-26-15-13-25(2)14-16-26)38-34(40)27-9-6-5-7-10-27/h5-20,22-23H,3-4,21,24H2,1-2H3,(H,36,39)(H,37,41)(H,38,40)/b32-22-. The van der Waals surface area contributed by atoms with E-state index in [9.17, 15) is 14.4 Å². The average Bonchev–Trinajstić information content (AvgIpc) is 3.02. The molecule has 7 nitrogen and oxygen atoms in total. The first kappa shape index (κ1) is 31.1. The van der Waals surface area contributed by atoms with Gasteiger partial charge in [0.15, 0.2) is 0 Å².